The van der Waals surface area contributed by atoms with E-state index in [9.17, 15) is 0 Å². The summed E-state index contributed by atoms with van der Waals surface area (Å²) in [4.78, 5) is 0. The minimum Gasteiger partial charge on any atom is -0.310 e. The fraction of sp³-hybridized carbons (Fsp3) is 1.00. The van der Waals surface area contributed by atoms with Gasteiger partial charge in [-0.25, -0.2) is 0 Å². The van der Waals surface area contributed by atoms with Crippen molar-refractivity contribution in [2.24, 2.45) is 11.3 Å². The van der Waals surface area contributed by atoms with E-state index in [4.69, 9.17) is 0 Å². The van der Waals surface area contributed by atoms with E-state index in [2.05, 4.69) is 48.7 Å². The fourth-order valence-corrected chi connectivity index (χ4v) is 5.22. The largest absolute Gasteiger partial charge is 0.310 e. The number of halogens is 1. The number of nitrogens with one attached hydrogen (secondary N) is 1. The maximum Gasteiger partial charge on any atom is 0.0163 e. The molecule has 88 valence electrons. The zero-order valence-electron chi connectivity index (χ0n) is 10.2. The molecule has 5 atom stereocenters. The molecule has 1 saturated heterocycles. The Morgan fingerprint density at radius 2 is 2.07 bits per heavy atom. The molecule has 0 bridgehead atoms. The minimum atomic E-state index is 0.653. The van der Waals surface area contributed by atoms with Crippen LogP contribution in [0.2, 0.25) is 0 Å². The van der Waals surface area contributed by atoms with E-state index in [1.807, 2.05) is 0 Å². The summed E-state index contributed by atoms with van der Waals surface area (Å²) in [6.45, 7) is 7.12. The van der Waals surface area contributed by atoms with E-state index in [1.165, 1.54) is 32.1 Å². The second-order valence-electron chi connectivity index (χ2n) is 5.65. The molecule has 0 radical (unpaired) electrons. The van der Waals surface area contributed by atoms with Crippen molar-refractivity contribution >= 4 is 22.6 Å². The molecule has 0 aromatic carbocycles. The zero-order chi connectivity index (χ0) is 11.1. The van der Waals surface area contributed by atoms with Gasteiger partial charge in [0.2, 0.25) is 0 Å². The highest BCUT2D eigenvalue weighted by Crippen LogP contribution is 2.54. The number of alkyl halides is 1. The molecule has 0 spiro atoms. The molecule has 1 N–H and O–H groups in total. The molecule has 2 rings (SSSR count). The van der Waals surface area contributed by atoms with E-state index >= 15 is 0 Å². The summed E-state index contributed by atoms with van der Waals surface area (Å²) < 4.78 is 0.893. The maximum absolute atomic E-state index is 3.90. The van der Waals surface area contributed by atoms with Crippen LogP contribution in [-0.4, -0.2) is 16.0 Å². The van der Waals surface area contributed by atoms with Crippen LogP contribution in [0.4, 0.5) is 0 Å². The van der Waals surface area contributed by atoms with Gasteiger partial charge in [-0.2, -0.15) is 0 Å². The first-order valence-corrected chi connectivity index (χ1v) is 7.77. The Hall–Kier alpha value is 0.690. The first-order valence-electron chi connectivity index (χ1n) is 6.53. The van der Waals surface area contributed by atoms with Gasteiger partial charge in [-0.15, -0.1) is 0 Å². The molecule has 1 saturated carbocycles. The summed E-state index contributed by atoms with van der Waals surface area (Å²) in [6.07, 6.45) is 6.99. The molecule has 1 heterocycles. The van der Waals surface area contributed by atoms with Crippen molar-refractivity contribution in [3.05, 3.63) is 0 Å². The Balaban J connectivity index is 2.16. The summed E-state index contributed by atoms with van der Waals surface area (Å²) in [5.41, 5.74) is 0.653. The van der Waals surface area contributed by atoms with Gasteiger partial charge in [-0.3, -0.25) is 0 Å². The van der Waals surface area contributed by atoms with E-state index < -0.39 is 0 Å². The van der Waals surface area contributed by atoms with Crippen LogP contribution in [0.15, 0.2) is 0 Å². The Kier molecular flexibility index (Phi) is 3.66. The van der Waals surface area contributed by atoms with Gasteiger partial charge in [0.15, 0.2) is 0 Å². The van der Waals surface area contributed by atoms with Crippen LogP contribution in [0, 0.1) is 11.3 Å². The van der Waals surface area contributed by atoms with Crippen LogP contribution in [-0.2, 0) is 0 Å². The second kappa shape index (κ2) is 4.52. The molecule has 1 aliphatic heterocycles. The third-order valence-corrected chi connectivity index (χ3v) is 6.24. The van der Waals surface area contributed by atoms with E-state index in [0.29, 0.717) is 5.41 Å². The Morgan fingerprint density at radius 1 is 1.33 bits per heavy atom. The van der Waals surface area contributed by atoms with Gasteiger partial charge < -0.3 is 5.32 Å². The monoisotopic (exact) mass is 321 g/mol. The van der Waals surface area contributed by atoms with E-state index in [0.717, 1.165) is 21.9 Å². The van der Waals surface area contributed by atoms with Crippen LogP contribution in [0.5, 0.6) is 0 Å². The molecule has 2 fully saturated rings. The summed E-state index contributed by atoms with van der Waals surface area (Å²) in [5, 5.41) is 3.90. The molecular formula is C13H24IN. The van der Waals surface area contributed by atoms with Crippen molar-refractivity contribution in [3.8, 4) is 0 Å². The molecule has 2 aliphatic rings. The molecule has 5 unspecified atom stereocenters. The standard InChI is InChI=1S/C13H24IN/c1-4-6-13-7-10(5-2)15-12(13)9(3)11(14)8-13/h9-12,15H,4-8H2,1-3H3. The third-order valence-electron chi connectivity index (χ3n) is 4.67. The van der Waals surface area contributed by atoms with Gasteiger partial charge in [0.25, 0.3) is 0 Å². The van der Waals surface area contributed by atoms with Gasteiger partial charge in [-0.05, 0) is 37.0 Å². The number of rotatable bonds is 3. The van der Waals surface area contributed by atoms with Crippen LogP contribution < -0.4 is 5.32 Å². The second-order valence-corrected chi connectivity index (χ2v) is 7.25. The highest BCUT2D eigenvalue weighted by atomic mass is 127. The highest BCUT2D eigenvalue weighted by Gasteiger charge is 2.54. The van der Waals surface area contributed by atoms with Crippen molar-refractivity contribution in [3.63, 3.8) is 0 Å². The molecule has 15 heavy (non-hydrogen) atoms. The average molecular weight is 321 g/mol. The summed E-state index contributed by atoms with van der Waals surface area (Å²) in [7, 11) is 0. The fourth-order valence-electron chi connectivity index (χ4n) is 3.93. The molecular weight excluding hydrogens is 297 g/mol. The lowest BCUT2D eigenvalue weighted by Crippen LogP contribution is -2.38. The first-order chi connectivity index (χ1) is 7.13. The van der Waals surface area contributed by atoms with Crippen LogP contribution in [0.25, 0.3) is 0 Å². The third kappa shape index (κ3) is 1.97. The number of hydrogen-bond donors (Lipinski definition) is 1. The molecule has 0 aromatic heterocycles. The first kappa shape index (κ1) is 12.2. The predicted octanol–water partition coefficient (Wildman–Crippen LogP) is 3.76. The number of hydrogen-bond acceptors (Lipinski definition) is 1. The Morgan fingerprint density at radius 3 is 2.67 bits per heavy atom. The summed E-state index contributed by atoms with van der Waals surface area (Å²) in [5.74, 6) is 0.869. The highest BCUT2D eigenvalue weighted by molar-refractivity contribution is 14.1. The number of fused-ring (bicyclic) bond motifs is 1. The van der Waals surface area contributed by atoms with E-state index in [1.54, 1.807) is 0 Å². The Labute approximate surface area is 108 Å². The molecule has 1 aliphatic carbocycles. The van der Waals surface area contributed by atoms with Crippen molar-refractivity contribution in [1.29, 1.82) is 0 Å². The normalized spacial score (nSPS) is 49.6. The van der Waals surface area contributed by atoms with Gasteiger partial charge in [-0.1, -0.05) is 49.8 Å². The average Bonchev–Trinajstić information content (AvgIpc) is 2.65. The SMILES string of the molecule is CCCC12CC(CC)NC1C(C)C(I)C2. The smallest absolute Gasteiger partial charge is 0.0163 e. The lowest BCUT2D eigenvalue weighted by Gasteiger charge is -2.29. The van der Waals surface area contributed by atoms with Crippen LogP contribution >= 0.6 is 22.6 Å². The maximum atomic E-state index is 3.90. The van der Waals surface area contributed by atoms with Crippen LogP contribution in [0.3, 0.4) is 0 Å². The van der Waals surface area contributed by atoms with Crippen molar-refractivity contribution in [2.45, 2.75) is 68.9 Å². The van der Waals surface area contributed by atoms with Crippen LogP contribution in [0.1, 0.15) is 52.9 Å². The molecule has 1 nitrogen and oxygen atoms in total. The molecule has 2 heteroatoms. The van der Waals surface area contributed by atoms with Gasteiger partial charge >= 0.3 is 0 Å². The van der Waals surface area contributed by atoms with Crippen molar-refractivity contribution in [2.75, 3.05) is 0 Å². The van der Waals surface area contributed by atoms with Gasteiger partial charge in [0.1, 0.15) is 0 Å². The topological polar surface area (TPSA) is 12.0 Å². The minimum absolute atomic E-state index is 0.653. The summed E-state index contributed by atoms with van der Waals surface area (Å²) >= 11 is 2.67. The molecule has 0 amide bonds. The van der Waals surface area contributed by atoms with Gasteiger partial charge in [0.05, 0.1) is 0 Å². The zero-order valence-corrected chi connectivity index (χ0v) is 12.4. The Bertz CT molecular complexity index is 231. The van der Waals surface area contributed by atoms with E-state index in [-0.39, 0.29) is 0 Å². The van der Waals surface area contributed by atoms with Gasteiger partial charge in [0, 0.05) is 16.0 Å². The summed E-state index contributed by atoms with van der Waals surface area (Å²) in [6, 6.07) is 1.61. The van der Waals surface area contributed by atoms with Crippen molar-refractivity contribution in [1.82, 2.24) is 5.32 Å². The predicted molar refractivity (Wildman–Crippen MR) is 74.5 cm³/mol. The lowest BCUT2D eigenvalue weighted by atomic mass is 9.76. The van der Waals surface area contributed by atoms with Crippen molar-refractivity contribution < 1.29 is 0 Å². The molecule has 0 aromatic rings. The quantitative estimate of drug-likeness (QED) is 0.616. The lowest BCUT2D eigenvalue weighted by molar-refractivity contribution is 0.243.